The van der Waals surface area contributed by atoms with Crippen LogP contribution in [0.25, 0.3) is 10.8 Å². The zero-order valence-corrected chi connectivity index (χ0v) is 9.09. The van der Waals surface area contributed by atoms with E-state index in [1.54, 1.807) is 24.3 Å². The van der Waals surface area contributed by atoms with Crippen molar-refractivity contribution in [3.05, 3.63) is 30.3 Å². The van der Waals surface area contributed by atoms with Gasteiger partial charge >= 0.3 is 0 Å². The number of benzene rings is 2. The third kappa shape index (κ3) is 1.87. The van der Waals surface area contributed by atoms with Gasteiger partial charge in [-0.1, -0.05) is 24.3 Å². The minimum absolute atomic E-state index is 0.0547. The molecule has 0 aromatic heterocycles. The van der Waals surface area contributed by atoms with Crippen LogP contribution in [0.4, 0.5) is 0 Å². The van der Waals surface area contributed by atoms with Gasteiger partial charge in [0.1, 0.15) is 18.5 Å². The van der Waals surface area contributed by atoms with E-state index in [1.807, 2.05) is 0 Å². The zero-order valence-electron chi connectivity index (χ0n) is 9.09. The highest BCUT2D eigenvalue weighted by molar-refractivity contribution is 5.95. The number of phenols is 2. The molecule has 4 nitrogen and oxygen atoms in total. The minimum atomic E-state index is 0.0547. The normalized spacial score (nSPS) is 18.2. The van der Waals surface area contributed by atoms with Crippen LogP contribution in [0.2, 0.25) is 0 Å². The average molecular weight is 232 g/mol. The quantitative estimate of drug-likeness (QED) is 0.628. The molecule has 2 N–H and O–H groups in total. The molecule has 0 radical (unpaired) electrons. The molecule has 0 bridgehead atoms. The average Bonchev–Trinajstić information content (AvgIpc) is 3.16. The molecule has 0 saturated carbocycles. The summed E-state index contributed by atoms with van der Waals surface area (Å²) >= 11 is 0. The smallest absolute Gasteiger partial charge is 0.165 e. The number of ether oxygens (including phenoxy) is 2. The Morgan fingerprint density at radius 3 is 2.65 bits per heavy atom. The molecule has 2 aromatic carbocycles. The highest BCUT2D eigenvalue weighted by Gasteiger charge is 2.24. The summed E-state index contributed by atoms with van der Waals surface area (Å²) in [5.74, 6) is 0.445. The van der Waals surface area contributed by atoms with Gasteiger partial charge in [-0.2, -0.15) is 0 Å². The van der Waals surface area contributed by atoms with E-state index in [-0.39, 0.29) is 23.4 Å². The Morgan fingerprint density at radius 2 is 1.94 bits per heavy atom. The lowest BCUT2D eigenvalue weighted by Crippen LogP contribution is -2.04. The zero-order chi connectivity index (χ0) is 11.8. The maximum Gasteiger partial charge on any atom is 0.165 e. The molecule has 4 heteroatoms. The summed E-state index contributed by atoms with van der Waals surface area (Å²) in [5.41, 5.74) is 0. The van der Waals surface area contributed by atoms with Crippen LogP contribution in [0.1, 0.15) is 0 Å². The third-order valence-electron chi connectivity index (χ3n) is 2.79. The van der Waals surface area contributed by atoms with Crippen molar-refractivity contribution in [3.63, 3.8) is 0 Å². The maximum absolute atomic E-state index is 10.0. The lowest BCUT2D eigenvalue weighted by Gasteiger charge is -2.10. The van der Waals surface area contributed by atoms with Crippen LogP contribution in [0.15, 0.2) is 30.3 Å². The third-order valence-corrected chi connectivity index (χ3v) is 2.79. The summed E-state index contributed by atoms with van der Waals surface area (Å²) in [4.78, 5) is 0. The van der Waals surface area contributed by atoms with Crippen LogP contribution in [0.5, 0.6) is 17.2 Å². The van der Waals surface area contributed by atoms with Crippen LogP contribution >= 0.6 is 0 Å². The first-order valence-corrected chi connectivity index (χ1v) is 5.44. The lowest BCUT2D eigenvalue weighted by atomic mass is 10.1. The van der Waals surface area contributed by atoms with E-state index in [2.05, 4.69) is 0 Å². The maximum atomic E-state index is 10.0. The number of phenolic OH excluding ortho intramolecular Hbond substituents is 2. The Labute approximate surface area is 98.0 Å². The van der Waals surface area contributed by atoms with E-state index in [0.29, 0.717) is 24.0 Å². The molecule has 88 valence electrons. The molecule has 1 atom stereocenters. The Morgan fingerprint density at radius 1 is 1.24 bits per heavy atom. The summed E-state index contributed by atoms with van der Waals surface area (Å²) in [6.45, 7) is 1.09. The highest BCUT2D eigenvalue weighted by Crippen LogP contribution is 2.40. The summed E-state index contributed by atoms with van der Waals surface area (Å²) in [5, 5.41) is 21.1. The van der Waals surface area contributed by atoms with Crippen molar-refractivity contribution in [1.82, 2.24) is 0 Å². The summed E-state index contributed by atoms with van der Waals surface area (Å²) in [6.07, 6.45) is 0.114. The molecule has 1 heterocycles. The Kier molecular flexibility index (Phi) is 2.30. The molecule has 1 saturated heterocycles. The molecule has 0 amide bonds. The van der Waals surface area contributed by atoms with E-state index in [1.165, 1.54) is 6.07 Å². The van der Waals surface area contributed by atoms with Gasteiger partial charge in [0.15, 0.2) is 11.5 Å². The molecule has 0 spiro atoms. The van der Waals surface area contributed by atoms with Crippen LogP contribution in [-0.4, -0.2) is 29.5 Å². The number of fused-ring (bicyclic) bond motifs is 1. The van der Waals surface area contributed by atoms with Crippen molar-refractivity contribution in [1.29, 1.82) is 0 Å². The predicted molar refractivity (Wildman–Crippen MR) is 62.5 cm³/mol. The van der Waals surface area contributed by atoms with Crippen LogP contribution < -0.4 is 4.74 Å². The number of epoxide rings is 1. The molecule has 17 heavy (non-hydrogen) atoms. The van der Waals surface area contributed by atoms with E-state index in [9.17, 15) is 10.2 Å². The summed E-state index contributed by atoms with van der Waals surface area (Å²) in [6, 6.07) is 8.53. The van der Waals surface area contributed by atoms with Gasteiger partial charge in [0.05, 0.1) is 6.61 Å². The Hall–Kier alpha value is -1.94. The molecule has 2 aromatic rings. The first-order chi connectivity index (χ1) is 8.25. The fourth-order valence-corrected chi connectivity index (χ4v) is 1.77. The van der Waals surface area contributed by atoms with Gasteiger partial charge in [-0.05, 0) is 0 Å². The Bertz CT molecular complexity index is 561. The molecule has 1 aliphatic rings. The molecular weight excluding hydrogens is 220 g/mol. The molecule has 1 aliphatic heterocycles. The first kappa shape index (κ1) is 10.2. The predicted octanol–water partition coefficient (Wildman–Crippen LogP) is 2.03. The van der Waals surface area contributed by atoms with Gasteiger partial charge in [0.2, 0.25) is 0 Å². The summed E-state index contributed by atoms with van der Waals surface area (Å²) < 4.78 is 10.4. The van der Waals surface area contributed by atoms with Crippen LogP contribution in [0, 0.1) is 0 Å². The van der Waals surface area contributed by atoms with Gasteiger partial charge in [0, 0.05) is 16.8 Å². The fraction of sp³-hybridized carbons (Fsp3) is 0.231. The SMILES string of the molecule is Oc1cc(OCC2CO2)c(O)c2ccccc12. The second-order valence-electron chi connectivity index (χ2n) is 4.05. The van der Waals surface area contributed by atoms with Crippen LogP contribution in [0.3, 0.4) is 0 Å². The molecule has 3 rings (SSSR count). The Balaban J connectivity index is 2.02. The largest absolute Gasteiger partial charge is 0.507 e. The number of aromatic hydroxyl groups is 2. The van der Waals surface area contributed by atoms with E-state index in [0.717, 1.165) is 0 Å². The van der Waals surface area contributed by atoms with Gasteiger partial charge in [-0.25, -0.2) is 0 Å². The number of rotatable bonds is 3. The van der Waals surface area contributed by atoms with E-state index in [4.69, 9.17) is 9.47 Å². The molecular formula is C13H12O4. The lowest BCUT2D eigenvalue weighted by molar-refractivity contribution is 0.254. The minimum Gasteiger partial charge on any atom is -0.507 e. The van der Waals surface area contributed by atoms with Crippen molar-refractivity contribution < 1.29 is 19.7 Å². The number of hydrogen-bond acceptors (Lipinski definition) is 4. The van der Waals surface area contributed by atoms with Gasteiger partial charge < -0.3 is 19.7 Å². The molecule has 1 fully saturated rings. The monoisotopic (exact) mass is 232 g/mol. The standard InChI is InChI=1S/C13H12O4/c14-11-5-12(17-7-8-6-16-8)13(15)10-4-2-1-3-9(10)11/h1-5,8,14-15H,6-7H2. The fourth-order valence-electron chi connectivity index (χ4n) is 1.77. The van der Waals surface area contributed by atoms with Gasteiger partial charge in [-0.15, -0.1) is 0 Å². The van der Waals surface area contributed by atoms with E-state index < -0.39 is 0 Å². The van der Waals surface area contributed by atoms with Gasteiger partial charge in [0.25, 0.3) is 0 Å². The van der Waals surface area contributed by atoms with Crippen molar-refractivity contribution in [2.45, 2.75) is 6.10 Å². The molecule has 1 unspecified atom stereocenters. The second kappa shape index (κ2) is 3.82. The van der Waals surface area contributed by atoms with Crippen molar-refractivity contribution in [2.24, 2.45) is 0 Å². The van der Waals surface area contributed by atoms with Crippen molar-refractivity contribution >= 4 is 10.8 Å². The molecule has 0 aliphatic carbocycles. The highest BCUT2D eigenvalue weighted by atomic mass is 16.6. The summed E-state index contributed by atoms with van der Waals surface area (Å²) in [7, 11) is 0. The van der Waals surface area contributed by atoms with Gasteiger partial charge in [-0.3, -0.25) is 0 Å². The first-order valence-electron chi connectivity index (χ1n) is 5.44. The van der Waals surface area contributed by atoms with Crippen molar-refractivity contribution in [3.8, 4) is 17.2 Å². The topological polar surface area (TPSA) is 62.2 Å². The van der Waals surface area contributed by atoms with Crippen LogP contribution in [-0.2, 0) is 4.74 Å². The second-order valence-corrected chi connectivity index (χ2v) is 4.05. The number of hydrogen-bond donors (Lipinski definition) is 2. The van der Waals surface area contributed by atoms with E-state index >= 15 is 0 Å². The van der Waals surface area contributed by atoms with Crippen molar-refractivity contribution in [2.75, 3.05) is 13.2 Å².